The van der Waals surface area contributed by atoms with Crippen LogP contribution in [0.1, 0.15) is 56.7 Å². The van der Waals surface area contributed by atoms with Crippen molar-refractivity contribution in [1.82, 2.24) is 20.5 Å². The Morgan fingerprint density at radius 1 is 1.36 bits per heavy atom. The molecule has 0 aromatic carbocycles. The van der Waals surface area contributed by atoms with Gasteiger partial charge in [0.2, 0.25) is 0 Å². The highest BCUT2D eigenvalue weighted by atomic mass is 15.2. The van der Waals surface area contributed by atoms with E-state index < -0.39 is 0 Å². The van der Waals surface area contributed by atoms with E-state index in [1.54, 1.807) is 0 Å². The zero-order valence-electron chi connectivity index (χ0n) is 8.88. The minimum atomic E-state index is 0.392. The summed E-state index contributed by atoms with van der Waals surface area (Å²) in [6.07, 6.45) is 3.74. The molecule has 2 N–H and O–H groups in total. The lowest BCUT2D eigenvalue weighted by Crippen LogP contribution is -2.27. The van der Waals surface area contributed by atoms with Crippen molar-refractivity contribution in [2.24, 2.45) is 0 Å². The fraction of sp³-hybridized carbons (Fsp3) is 0.800. The van der Waals surface area contributed by atoms with Crippen molar-refractivity contribution >= 4 is 0 Å². The van der Waals surface area contributed by atoms with Gasteiger partial charge in [-0.1, -0.05) is 20.3 Å². The number of hydrogen-bond donors (Lipinski definition) is 2. The first-order chi connectivity index (χ1) is 6.77. The molecule has 1 saturated heterocycles. The van der Waals surface area contributed by atoms with Crippen molar-refractivity contribution in [3.05, 3.63) is 11.6 Å². The molecule has 4 heteroatoms. The number of rotatable bonds is 2. The Kier molecular flexibility index (Phi) is 2.82. The van der Waals surface area contributed by atoms with Crippen LogP contribution in [0.25, 0.3) is 0 Å². The van der Waals surface area contributed by atoms with Crippen molar-refractivity contribution in [2.45, 2.75) is 45.1 Å². The van der Waals surface area contributed by atoms with Crippen LogP contribution < -0.4 is 5.32 Å². The molecular weight excluding hydrogens is 176 g/mol. The van der Waals surface area contributed by atoms with Gasteiger partial charge in [0.05, 0.1) is 6.04 Å². The quantitative estimate of drug-likeness (QED) is 0.754. The van der Waals surface area contributed by atoms with Crippen LogP contribution in [0.4, 0.5) is 0 Å². The molecule has 0 aliphatic carbocycles. The Balaban J connectivity index is 2.07. The topological polar surface area (TPSA) is 53.6 Å². The van der Waals surface area contributed by atoms with Gasteiger partial charge in [-0.2, -0.15) is 5.10 Å². The number of piperidine rings is 1. The summed E-state index contributed by atoms with van der Waals surface area (Å²) in [6.45, 7) is 5.32. The molecule has 1 aliphatic heterocycles. The summed E-state index contributed by atoms with van der Waals surface area (Å²) in [5.74, 6) is 2.34. The van der Waals surface area contributed by atoms with E-state index in [0.717, 1.165) is 18.2 Å². The van der Waals surface area contributed by atoms with Crippen LogP contribution in [-0.4, -0.2) is 21.7 Å². The molecule has 2 heterocycles. The molecule has 78 valence electrons. The number of aromatic nitrogens is 3. The Labute approximate surface area is 84.5 Å². The summed E-state index contributed by atoms with van der Waals surface area (Å²) in [4.78, 5) is 4.50. The molecule has 1 aliphatic rings. The van der Waals surface area contributed by atoms with Gasteiger partial charge in [-0.3, -0.25) is 5.10 Å². The minimum absolute atomic E-state index is 0.392. The Bertz CT molecular complexity index is 286. The van der Waals surface area contributed by atoms with Crippen molar-refractivity contribution in [2.75, 3.05) is 6.54 Å². The molecule has 1 aromatic rings. The molecular formula is C10H18N4. The van der Waals surface area contributed by atoms with E-state index in [9.17, 15) is 0 Å². The van der Waals surface area contributed by atoms with E-state index >= 15 is 0 Å². The fourth-order valence-corrected chi connectivity index (χ4v) is 1.79. The maximum Gasteiger partial charge on any atom is 0.153 e. The van der Waals surface area contributed by atoms with Gasteiger partial charge in [-0.05, 0) is 19.4 Å². The summed E-state index contributed by atoms with van der Waals surface area (Å²) < 4.78 is 0. The number of nitrogens with zero attached hydrogens (tertiary/aromatic N) is 2. The van der Waals surface area contributed by atoms with E-state index in [0.29, 0.717) is 12.0 Å². The molecule has 1 atom stereocenters. The average Bonchev–Trinajstić information content (AvgIpc) is 2.68. The van der Waals surface area contributed by atoms with E-state index in [4.69, 9.17) is 0 Å². The van der Waals surface area contributed by atoms with E-state index in [1.165, 1.54) is 19.3 Å². The number of nitrogens with one attached hydrogen (secondary N) is 2. The molecule has 0 radical (unpaired) electrons. The Morgan fingerprint density at radius 3 is 2.79 bits per heavy atom. The van der Waals surface area contributed by atoms with Crippen LogP contribution in [0.15, 0.2) is 0 Å². The lowest BCUT2D eigenvalue weighted by Gasteiger charge is -2.20. The van der Waals surface area contributed by atoms with Gasteiger partial charge in [0.25, 0.3) is 0 Å². The molecule has 0 unspecified atom stereocenters. The summed E-state index contributed by atoms with van der Waals surface area (Å²) in [7, 11) is 0. The predicted molar refractivity (Wildman–Crippen MR) is 55.1 cm³/mol. The molecule has 0 saturated carbocycles. The summed E-state index contributed by atoms with van der Waals surface area (Å²) in [5, 5.41) is 10.7. The van der Waals surface area contributed by atoms with E-state index in [1.807, 2.05) is 0 Å². The standard InChI is InChI=1S/C10H18N4/c1-7(2)9-12-10(14-13-9)8-5-3-4-6-11-8/h7-8,11H,3-6H2,1-2H3,(H,12,13,14)/t8-/m0/s1. The molecule has 1 aromatic heterocycles. The molecule has 1 fully saturated rings. The highest BCUT2D eigenvalue weighted by molar-refractivity contribution is 5.00. The molecule has 2 rings (SSSR count). The zero-order valence-corrected chi connectivity index (χ0v) is 8.88. The van der Waals surface area contributed by atoms with E-state index in [-0.39, 0.29) is 0 Å². The first-order valence-corrected chi connectivity index (χ1v) is 5.43. The van der Waals surface area contributed by atoms with Gasteiger partial charge in [-0.15, -0.1) is 0 Å². The fourth-order valence-electron chi connectivity index (χ4n) is 1.79. The molecule has 0 spiro atoms. The van der Waals surface area contributed by atoms with Crippen LogP contribution in [0.3, 0.4) is 0 Å². The van der Waals surface area contributed by atoms with Gasteiger partial charge in [0, 0.05) is 5.92 Å². The van der Waals surface area contributed by atoms with Crippen molar-refractivity contribution in [3.8, 4) is 0 Å². The van der Waals surface area contributed by atoms with Crippen LogP contribution in [0.5, 0.6) is 0 Å². The second kappa shape index (κ2) is 4.09. The second-order valence-electron chi connectivity index (χ2n) is 4.24. The van der Waals surface area contributed by atoms with Crippen molar-refractivity contribution in [1.29, 1.82) is 0 Å². The van der Waals surface area contributed by atoms with Crippen molar-refractivity contribution in [3.63, 3.8) is 0 Å². The number of H-pyrrole nitrogens is 1. The predicted octanol–water partition coefficient (Wildman–Crippen LogP) is 1.74. The number of aromatic amines is 1. The van der Waals surface area contributed by atoms with Crippen LogP contribution >= 0.6 is 0 Å². The lowest BCUT2D eigenvalue weighted by atomic mass is 10.0. The smallest absolute Gasteiger partial charge is 0.153 e. The maximum atomic E-state index is 4.50. The maximum absolute atomic E-state index is 4.50. The second-order valence-corrected chi connectivity index (χ2v) is 4.24. The molecule has 0 amide bonds. The largest absolute Gasteiger partial charge is 0.307 e. The van der Waals surface area contributed by atoms with Crippen LogP contribution in [0, 0.1) is 0 Å². The Morgan fingerprint density at radius 2 is 2.21 bits per heavy atom. The lowest BCUT2D eigenvalue weighted by molar-refractivity contribution is 0.398. The first kappa shape index (κ1) is 9.65. The minimum Gasteiger partial charge on any atom is -0.307 e. The highest BCUT2D eigenvalue weighted by Gasteiger charge is 2.18. The first-order valence-electron chi connectivity index (χ1n) is 5.43. The summed E-state index contributed by atoms with van der Waals surface area (Å²) in [6, 6.07) is 0.392. The van der Waals surface area contributed by atoms with Gasteiger partial charge in [0.1, 0.15) is 5.82 Å². The van der Waals surface area contributed by atoms with Crippen LogP contribution in [0.2, 0.25) is 0 Å². The van der Waals surface area contributed by atoms with Gasteiger partial charge < -0.3 is 5.32 Å². The van der Waals surface area contributed by atoms with Gasteiger partial charge >= 0.3 is 0 Å². The number of hydrogen-bond acceptors (Lipinski definition) is 3. The zero-order chi connectivity index (χ0) is 9.97. The monoisotopic (exact) mass is 194 g/mol. The third-order valence-electron chi connectivity index (χ3n) is 2.68. The van der Waals surface area contributed by atoms with Gasteiger partial charge in [-0.25, -0.2) is 4.98 Å². The van der Waals surface area contributed by atoms with E-state index in [2.05, 4.69) is 34.3 Å². The average molecular weight is 194 g/mol. The third-order valence-corrected chi connectivity index (χ3v) is 2.68. The molecule has 0 bridgehead atoms. The van der Waals surface area contributed by atoms with Gasteiger partial charge in [0.15, 0.2) is 5.82 Å². The summed E-state index contributed by atoms with van der Waals surface area (Å²) in [5.41, 5.74) is 0. The SMILES string of the molecule is CC(C)c1n[nH]c([C@@H]2CCCCN2)n1. The third kappa shape index (κ3) is 1.95. The highest BCUT2D eigenvalue weighted by Crippen LogP contribution is 2.20. The molecule has 14 heavy (non-hydrogen) atoms. The van der Waals surface area contributed by atoms with Crippen molar-refractivity contribution < 1.29 is 0 Å². The normalized spacial score (nSPS) is 22.9. The molecule has 4 nitrogen and oxygen atoms in total. The summed E-state index contributed by atoms with van der Waals surface area (Å²) >= 11 is 0. The Hall–Kier alpha value is -0.900. The van der Waals surface area contributed by atoms with Crippen LogP contribution in [-0.2, 0) is 0 Å².